The molecular weight excluding hydrogens is 304 g/mol. The zero-order valence-electron chi connectivity index (χ0n) is 15.5. The van der Waals surface area contributed by atoms with Gasteiger partial charge >= 0.3 is 0 Å². The van der Waals surface area contributed by atoms with E-state index in [2.05, 4.69) is 24.3 Å². The molecule has 0 radical (unpaired) electrons. The van der Waals surface area contributed by atoms with Crippen molar-refractivity contribution >= 4 is 5.91 Å². The number of carbonyl (C=O) groups excluding carboxylic acids is 1. The lowest BCUT2D eigenvalue weighted by molar-refractivity contribution is -0.135. The average Bonchev–Trinajstić information content (AvgIpc) is 2.88. The highest BCUT2D eigenvalue weighted by molar-refractivity contribution is 5.82. The van der Waals surface area contributed by atoms with Gasteiger partial charge in [0, 0.05) is 45.0 Å². The number of aromatic nitrogens is 2. The van der Waals surface area contributed by atoms with E-state index in [1.54, 1.807) is 0 Å². The molecule has 0 spiro atoms. The van der Waals surface area contributed by atoms with Crippen LogP contribution in [0, 0.1) is 18.8 Å². The molecule has 1 atom stereocenters. The number of amides is 1. The molecule has 1 aromatic heterocycles. The number of rotatable bonds is 7. The first kappa shape index (κ1) is 18.9. The van der Waals surface area contributed by atoms with E-state index in [1.165, 1.54) is 0 Å². The number of aliphatic hydroxyl groups is 1. The van der Waals surface area contributed by atoms with Gasteiger partial charge in [0.1, 0.15) is 0 Å². The number of hydrogen-bond donors (Lipinski definition) is 2. The van der Waals surface area contributed by atoms with E-state index in [9.17, 15) is 9.90 Å². The molecular formula is C18H32N4O2. The summed E-state index contributed by atoms with van der Waals surface area (Å²) in [4.78, 5) is 14.9. The molecule has 24 heavy (non-hydrogen) atoms. The van der Waals surface area contributed by atoms with E-state index in [-0.39, 0.29) is 18.6 Å². The molecule has 6 nitrogen and oxygen atoms in total. The number of nitrogens with one attached hydrogen (secondary N) is 1. The molecule has 1 amide bonds. The van der Waals surface area contributed by atoms with Gasteiger partial charge in [0.05, 0.1) is 11.7 Å². The van der Waals surface area contributed by atoms with Gasteiger partial charge < -0.3 is 15.3 Å². The van der Waals surface area contributed by atoms with Crippen LogP contribution in [0.5, 0.6) is 0 Å². The molecule has 0 saturated carbocycles. The summed E-state index contributed by atoms with van der Waals surface area (Å²) in [7, 11) is 1.92. The molecule has 0 bridgehead atoms. The molecule has 1 unspecified atom stereocenters. The van der Waals surface area contributed by atoms with Crippen molar-refractivity contribution in [3.8, 4) is 0 Å². The Hall–Kier alpha value is -1.40. The lowest BCUT2D eigenvalue weighted by Gasteiger charge is -2.34. The van der Waals surface area contributed by atoms with Crippen molar-refractivity contribution in [2.75, 3.05) is 19.7 Å². The third-order valence-corrected chi connectivity index (χ3v) is 4.84. The number of nitrogens with zero attached hydrogens (tertiary/aromatic N) is 3. The molecule has 2 heterocycles. The molecule has 2 rings (SSSR count). The molecule has 0 aromatic carbocycles. The number of aryl methyl sites for hydroxylation is 2. The fourth-order valence-corrected chi connectivity index (χ4v) is 3.35. The van der Waals surface area contributed by atoms with E-state index < -0.39 is 0 Å². The summed E-state index contributed by atoms with van der Waals surface area (Å²) in [5.74, 6) is 1.00. The van der Waals surface area contributed by atoms with E-state index in [0.29, 0.717) is 18.4 Å². The summed E-state index contributed by atoms with van der Waals surface area (Å²) in [5, 5.41) is 17.1. The smallest absolute Gasteiger partial charge is 0.239 e. The minimum Gasteiger partial charge on any atom is -0.396 e. The van der Waals surface area contributed by atoms with Crippen molar-refractivity contribution in [3.63, 3.8) is 0 Å². The maximum atomic E-state index is 12.9. The maximum Gasteiger partial charge on any atom is 0.239 e. The van der Waals surface area contributed by atoms with Gasteiger partial charge in [-0.3, -0.25) is 9.48 Å². The van der Waals surface area contributed by atoms with Gasteiger partial charge in [0.15, 0.2) is 0 Å². The van der Waals surface area contributed by atoms with Crippen LogP contribution in [-0.2, 0) is 18.4 Å². The Bertz CT molecular complexity index is 533. The van der Waals surface area contributed by atoms with E-state index in [1.807, 2.05) is 29.7 Å². The molecule has 136 valence electrons. The summed E-state index contributed by atoms with van der Waals surface area (Å²) in [6.07, 6.45) is 4.64. The van der Waals surface area contributed by atoms with Crippen LogP contribution in [0.25, 0.3) is 0 Å². The lowest BCUT2D eigenvalue weighted by Crippen LogP contribution is -2.49. The predicted molar refractivity (Wildman–Crippen MR) is 94.4 cm³/mol. The zero-order valence-corrected chi connectivity index (χ0v) is 15.5. The summed E-state index contributed by atoms with van der Waals surface area (Å²) in [6, 6.07) is -0.157. The van der Waals surface area contributed by atoms with Gasteiger partial charge in [0.2, 0.25) is 5.91 Å². The van der Waals surface area contributed by atoms with E-state index in [0.717, 1.165) is 43.6 Å². The summed E-state index contributed by atoms with van der Waals surface area (Å²) in [6.45, 7) is 8.70. The van der Waals surface area contributed by atoms with Crippen LogP contribution in [0.1, 0.15) is 44.4 Å². The van der Waals surface area contributed by atoms with Crippen molar-refractivity contribution in [2.24, 2.45) is 18.9 Å². The minimum atomic E-state index is -0.157. The Morgan fingerprint density at radius 1 is 1.42 bits per heavy atom. The van der Waals surface area contributed by atoms with Crippen LogP contribution in [-0.4, -0.2) is 51.4 Å². The quantitative estimate of drug-likeness (QED) is 0.791. The van der Waals surface area contributed by atoms with E-state index in [4.69, 9.17) is 0 Å². The molecule has 6 heteroatoms. The van der Waals surface area contributed by atoms with Gasteiger partial charge in [0.25, 0.3) is 0 Å². The molecule has 1 aliphatic heterocycles. The minimum absolute atomic E-state index is 0.157. The van der Waals surface area contributed by atoms with Crippen molar-refractivity contribution in [2.45, 2.75) is 52.6 Å². The second-order valence-corrected chi connectivity index (χ2v) is 7.43. The average molecular weight is 336 g/mol. The van der Waals surface area contributed by atoms with Crippen LogP contribution in [0.4, 0.5) is 0 Å². The SMILES string of the molecule is Cc1nn(C)cc1CNC(CC(C)C)C(=O)N1CCC(CO)CC1. The fourth-order valence-electron chi connectivity index (χ4n) is 3.35. The number of carbonyl (C=O) groups is 1. The lowest BCUT2D eigenvalue weighted by atomic mass is 9.96. The van der Waals surface area contributed by atoms with Crippen molar-refractivity contribution in [1.29, 1.82) is 0 Å². The summed E-state index contributed by atoms with van der Waals surface area (Å²) < 4.78 is 1.81. The van der Waals surface area contributed by atoms with Gasteiger partial charge in [-0.25, -0.2) is 0 Å². The van der Waals surface area contributed by atoms with Gasteiger partial charge in [-0.1, -0.05) is 13.8 Å². The second-order valence-electron chi connectivity index (χ2n) is 7.43. The largest absolute Gasteiger partial charge is 0.396 e. The van der Waals surface area contributed by atoms with Gasteiger partial charge in [-0.05, 0) is 38.0 Å². The van der Waals surface area contributed by atoms with Gasteiger partial charge in [-0.15, -0.1) is 0 Å². The normalized spacial score (nSPS) is 17.5. The fraction of sp³-hybridized carbons (Fsp3) is 0.778. The highest BCUT2D eigenvalue weighted by Crippen LogP contribution is 2.19. The highest BCUT2D eigenvalue weighted by atomic mass is 16.3. The summed E-state index contributed by atoms with van der Waals surface area (Å²) in [5.41, 5.74) is 2.14. The molecule has 1 saturated heterocycles. The Labute approximate surface area is 145 Å². The van der Waals surface area contributed by atoms with Crippen LogP contribution in [0.15, 0.2) is 6.20 Å². The Morgan fingerprint density at radius 2 is 2.08 bits per heavy atom. The summed E-state index contributed by atoms with van der Waals surface area (Å²) >= 11 is 0. The van der Waals surface area contributed by atoms with Crippen LogP contribution < -0.4 is 5.32 Å². The standard InChI is InChI=1S/C18H32N4O2/c1-13(2)9-17(19-10-16-11-21(4)20-14(16)3)18(24)22-7-5-15(12-23)6-8-22/h11,13,15,17,19,23H,5-10,12H2,1-4H3. The molecule has 1 aliphatic rings. The van der Waals surface area contributed by atoms with Crippen LogP contribution in [0.2, 0.25) is 0 Å². The third kappa shape index (κ3) is 5.05. The van der Waals surface area contributed by atoms with E-state index >= 15 is 0 Å². The van der Waals surface area contributed by atoms with Gasteiger partial charge in [-0.2, -0.15) is 5.10 Å². The topological polar surface area (TPSA) is 70.4 Å². The first-order valence-electron chi connectivity index (χ1n) is 9.02. The second kappa shape index (κ2) is 8.62. The first-order valence-corrected chi connectivity index (χ1v) is 9.02. The highest BCUT2D eigenvalue weighted by Gasteiger charge is 2.28. The molecule has 2 N–H and O–H groups in total. The van der Waals surface area contributed by atoms with Crippen molar-refractivity contribution < 1.29 is 9.90 Å². The number of likely N-dealkylation sites (tertiary alicyclic amines) is 1. The Kier molecular flexibility index (Phi) is 6.80. The van der Waals surface area contributed by atoms with Crippen LogP contribution in [0.3, 0.4) is 0 Å². The number of aliphatic hydroxyl groups excluding tert-OH is 1. The van der Waals surface area contributed by atoms with Crippen molar-refractivity contribution in [1.82, 2.24) is 20.0 Å². The van der Waals surface area contributed by atoms with Crippen molar-refractivity contribution in [3.05, 3.63) is 17.5 Å². The Balaban J connectivity index is 1.96. The first-order chi connectivity index (χ1) is 11.4. The number of hydrogen-bond acceptors (Lipinski definition) is 4. The predicted octanol–water partition coefficient (Wildman–Crippen LogP) is 1.46. The molecule has 1 aromatic rings. The third-order valence-electron chi connectivity index (χ3n) is 4.84. The van der Waals surface area contributed by atoms with Crippen LogP contribution >= 0.6 is 0 Å². The zero-order chi connectivity index (χ0) is 17.7. The molecule has 1 fully saturated rings. The number of piperidine rings is 1. The Morgan fingerprint density at radius 3 is 2.58 bits per heavy atom. The molecule has 0 aliphatic carbocycles. The monoisotopic (exact) mass is 336 g/mol. The maximum absolute atomic E-state index is 12.9.